The topological polar surface area (TPSA) is 61.6 Å². The largest absolute Gasteiger partial charge is 0.453 e. The summed E-state index contributed by atoms with van der Waals surface area (Å²) in [7, 11) is 0. The van der Waals surface area contributed by atoms with Crippen LogP contribution in [0.2, 0.25) is 5.02 Å². The minimum atomic E-state index is 0.0589. The smallest absolute Gasteiger partial charge is 0.231 e. The van der Waals surface area contributed by atoms with E-state index in [1.165, 1.54) is 0 Å². The first kappa shape index (κ1) is 11.2. The van der Waals surface area contributed by atoms with Gasteiger partial charge >= 0.3 is 0 Å². The Morgan fingerprint density at radius 2 is 2.25 bits per heavy atom. The third-order valence-corrected chi connectivity index (χ3v) is 2.95. The van der Waals surface area contributed by atoms with Crippen molar-refractivity contribution < 1.29 is 14.3 Å². The van der Waals surface area contributed by atoms with Crippen LogP contribution in [0, 0.1) is 0 Å². The zero-order valence-corrected chi connectivity index (χ0v) is 9.58. The minimum Gasteiger partial charge on any atom is -0.453 e. The highest BCUT2D eigenvalue weighted by Gasteiger charge is 2.26. The molecule has 0 bridgehead atoms. The van der Waals surface area contributed by atoms with Gasteiger partial charge in [-0.1, -0.05) is 18.5 Å². The van der Waals surface area contributed by atoms with Crippen molar-refractivity contribution in [2.45, 2.75) is 12.8 Å². The number of halogens is 1. The average molecular weight is 242 g/mol. The minimum absolute atomic E-state index is 0.0589. The van der Waals surface area contributed by atoms with Crippen LogP contribution in [0.5, 0.6) is 11.5 Å². The van der Waals surface area contributed by atoms with Gasteiger partial charge < -0.3 is 15.2 Å². The van der Waals surface area contributed by atoms with Gasteiger partial charge in [-0.2, -0.15) is 0 Å². The molecule has 1 atom stereocenters. The summed E-state index contributed by atoms with van der Waals surface area (Å²) < 4.78 is 10.6. The fourth-order valence-corrected chi connectivity index (χ4v) is 2.14. The lowest BCUT2D eigenvalue weighted by Crippen LogP contribution is -2.10. The molecule has 0 fully saturated rings. The van der Waals surface area contributed by atoms with Gasteiger partial charge in [0.05, 0.1) is 5.56 Å². The van der Waals surface area contributed by atoms with Crippen molar-refractivity contribution in [1.29, 1.82) is 0 Å². The number of carbonyl (C=O) groups is 1. The van der Waals surface area contributed by atoms with E-state index in [0.29, 0.717) is 34.9 Å². The van der Waals surface area contributed by atoms with Crippen LogP contribution < -0.4 is 15.2 Å². The van der Waals surface area contributed by atoms with Crippen molar-refractivity contribution in [3.8, 4) is 11.5 Å². The summed E-state index contributed by atoms with van der Waals surface area (Å²) in [5.74, 6) is 1.07. The Morgan fingerprint density at radius 3 is 2.88 bits per heavy atom. The van der Waals surface area contributed by atoms with Gasteiger partial charge in [0.25, 0.3) is 0 Å². The Bertz CT molecular complexity index is 434. The molecular formula is C11H12ClNO3. The molecule has 1 aliphatic rings. The molecule has 86 valence electrons. The number of aldehydes is 1. The standard InChI is InChI=1S/C11H12ClNO3/c1-6(3-13)9-8(12)2-7(4-14)10-11(9)16-5-15-10/h2,4,6H,3,5,13H2,1H3. The fourth-order valence-electron chi connectivity index (χ4n) is 1.75. The zero-order valence-electron chi connectivity index (χ0n) is 8.83. The molecule has 1 aromatic rings. The van der Waals surface area contributed by atoms with E-state index in [0.717, 1.165) is 5.56 Å². The molecule has 1 unspecified atom stereocenters. The molecule has 0 aliphatic carbocycles. The molecule has 0 saturated carbocycles. The van der Waals surface area contributed by atoms with Gasteiger partial charge in [-0.25, -0.2) is 0 Å². The lowest BCUT2D eigenvalue weighted by atomic mass is 9.98. The first-order valence-electron chi connectivity index (χ1n) is 4.96. The molecule has 0 radical (unpaired) electrons. The summed E-state index contributed by atoms with van der Waals surface area (Å²) in [6, 6.07) is 1.59. The van der Waals surface area contributed by atoms with E-state index in [1.807, 2.05) is 6.92 Å². The van der Waals surface area contributed by atoms with Crippen molar-refractivity contribution in [3.63, 3.8) is 0 Å². The summed E-state index contributed by atoms with van der Waals surface area (Å²) >= 11 is 6.12. The van der Waals surface area contributed by atoms with Gasteiger partial charge in [-0.15, -0.1) is 0 Å². The Labute approximate surface area is 98.3 Å². The van der Waals surface area contributed by atoms with Crippen LogP contribution in [-0.4, -0.2) is 19.6 Å². The van der Waals surface area contributed by atoms with Gasteiger partial charge in [0.2, 0.25) is 6.79 Å². The van der Waals surface area contributed by atoms with Gasteiger partial charge in [0, 0.05) is 10.6 Å². The normalized spacial score (nSPS) is 14.9. The molecule has 16 heavy (non-hydrogen) atoms. The molecule has 1 aliphatic heterocycles. The summed E-state index contributed by atoms with van der Waals surface area (Å²) in [5.41, 5.74) is 6.83. The lowest BCUT2D eigenvalue weighted by molar-refractivity contribution is 0.111. The molecular weight excluding hydrogens is 230 g/mol. The van der Waals surface area contributed by atoms with Crippen LogP contribution in [0.25, 0.3) is 0 Å². The predicted octanol–water partition coefficient (Wildman–Crippen LogP) is 1.94. The number of hydrogen-bond donors (Lipinski definition) is 1. The van der Waals surface area contributed by atoms with Gasteiger partial charge in [0.15, 0.2) is 17.8 Å². The first-order valence-corrected chi connectivity index (χ1v) is 5.34. The quantitative estimate of drug-likeness (QED) is 0.822. The van der Waals surface area contributed by atoms with Crippen molar-refractivity contribution in [1.82, 2.24) is 0 Å². The highest BCUT2D eigenvalue weighted by molar-refractivity contribution is 6.32. The Balaban J connectivity index is 2.62. The molecule has 2 N–H and O–H groups in total. The molecule has 4 nitrogen and oxygen atoms in total. The van der Waals surface area contributed by atoms with E-state index in [4.69, 9.17) is 26.8 Å². The Kier molecular flexibility index (Phi) is 3.03. The van der Waals surface area contributed by atoms with E-state index in [1.54, 1.807) is 6.07 Å². The van der Waals surface area contributed by atoms with E-state index >= 15 is 0 Å². The molecule has 2 rings (SSSR count). The van der Waals surface area contributed by atoms with E-state index in [2.05, 4.69) is 0 Å². The maximum atomic E-state index is 10.9. The molecule has 5 heteroatoms. The second-order valence-corrected chi connectivity index (χ2v) is 4.09. The van der Waals surface area contributed by atoms with E-state index in [-0.39, 0.29) is 12.7 Å². The van der Waals surface area contributed by atoms with Crippen LogP contribution >= 0.6 is 11.6 Å². The van der Waals surface area contributed by atoms with E-state index in [9.17, 15) is 4.79 Å². The summed E-state index contributed by atoms with van der Waals surface area (Å²) in [6.45, 7) is 2.51. The van der Waals surface area contributed by atoms with Gasteiger partial charge in [-0.3, -0.25) is 4.79 Å². The number of ether oxygens (including phenoxy) is 2. The summed E-state index contributed by atoms with van der Waals surface area (Å²) in [4.78, 5) is 10.9. The van der Waals surface area contributed by atoms with Crippen molar-refractivity contribution in [2.75, 3.05) is 13.3 Å². The summed E-state index contributed by atoms with van der Waals surface area (Å²) in [5, 5.41) is 0.490. The second-order valence-electron chi connectivity index (χ2n) is 3.68. The van der Waals surface area contributed by atoms with Crippen LogP contribution in [-0.2, 0) is 0 Å². The molecule has 0 saturated heterocycles. The monoisotopic (exact) mass is 241 g/mol. The Hall–Kier alpha value is -1.26. The predicted molar refractivity (Wildman–Crippen MR) is 60.4 cm³/mol. The van der Waals surface area contributed by atoms with Gasteiger partial charge in [-0.05, 0) is 18.5 Å². The lowest BCUT2D eigenvalue weighted by Gasteiger charge is -2.14. The molecule has 1 heterocycles. The van der Waals surface area contributed by atoms with Crippen LogP contribution in [0.4, 0.5) is 0 Å². The van der Waals surface area contributed by atoms with Crippen molar-refractivity contribution in [3.05, 3.63) is 22.2 Å². The number of benzene rings is 1. The number of hydrogen-bond acceptors (Lipinski definition) is 4. The third-order valence-electron chi connectivity index (χ3n) is 2.63. The van der Waals surface area contributed by atoms with Crippen LogP contribution in [0.15, 0.2) is 6.07 Å². The highest BCUT2D eigenvalue weighted by atomic mass is 35.5. The number of carbonyl (C=O) groups excluding carboxylic acids is 1. The Morgan fingerprint density at radius 1 is 1.56 bits per heavy atom. The van der Waals surface area contributed by atoms with Crippen molar-refractivity contribution in [2.24, 2.45) is 5.73 Å². The highest BCUT2D eigenvalue weighted by Crippen LogP contribution is 2.45. The van der Waals surface area contributed by atoms with E-state index < -0.39 is 0 Å². The van der Waals surface area contributed by atoms with Gasteiger partial charge in [0.1, 0.15) is 0 Å². The molecule has 0 aromatic heterocycles. The molecule has 1 aromatic carbocycles. The first-order chi connectivity index (χ1) is 7.69. The van der Waals surface area contributed by atoms with Crippen molar-refractivity contribution >= 4 is 17.9 Å². The number of nitrogens with two attached hydrogens (primary N) is 1. The number of fused-ring (bicyclic) bond motifs is 1. The second kappa shape index (κ2) is 4.31. The maximum absolute atomic E-state index is 10.9. The van der Waals surface area contributed by atoms with Crippen LogP contribution in [0.1, 0.15) is 28.8 Å². The maximum Gasteiger partial charge on any atom is 0.231 e. The van der Waals surface area contributed by atoms with Crippen LogP contribution in [0.3, 0.4) is 0 Å². The third kappa shape index (κ3) is 1.64. The summed E-state index contributed by atoms with van der Waals surface area (Å²) in [6.07, 6.45) is 0.705. The molecule has 0 amide bonds. The zero-order chi connectivity index (χ0) is 11.7. The number of rotatable bonds is 3. The SMILES string of the molecule is CC(CN)c1c(Cl)cc(C=O)c2c1OCO2. The average Bonchev–Trinajstić information content (AvgIpc) is 2.75. The molecule has 0 spiro atoms. The fraction of sp³-hybridized carbons (Fsp3) is 0.364.